The van der Waals surface area contributed by atoms with Gasteiger partial charge in [0.25, 0.3) is 0 Å². The molecule has 0 unspecified atom stereocenters. The Hall–Kier alpha value is -1.35. The normalized spacial score (nSPS) is 12.2. The molecule has 0 fully saturated rings. The van der Waals surface area contributed by atoms with Crippen LogP contribution in [0.2, 0.25) is 0 Å². The van der Waals surface area contributed by atoms with E-state index in [0.717, 1.165) is 19.3 Å². The van der Waals surface area contributed by atoms with E-state index in [-0.39, 0.29) is 11.9 Å². The number of benzene rings is 1. The Balaban J connectivity index is 2.30. The van der Waals surface area contributed by atoms with Crippen LogP contribution in [0.25, 0.3) is 0 Å². The zero-order valence-electron chi connectivity index (χ0n) is 10.7. The Kier molecular flexibility index (Phi) is 5.70. The summed E-state index contributed by atoms with van der Waals surface area (Å²) in [6.07, 6.45) is 2.54. The van der Waals surface area contributed by atoms with Crippen LogP contribution in [-0.2, 0) is 11.2 Å². The Labute approximate surface area is 103 Å². The van der Waals surface area contributed by atoms with Crippen molar-refractivity contribution in [3.8, 4) is 0 Å². The summed E-state index contributed by atoms with van der Waals surface area (Å²) in [5.74, 6) is -0.0421. The molecule has 0 aliphatic rings. The van der Waals surface area contributed by atoms with Crippen molar-refractivity contribution in [1.82, 2.24) is 5.32 Å². The molecular formula is C14H22N2O. The standard InChI is InChI=1S/C14H22N2O/c1-3-5-13(15)14(17)16-9-8-12-7-4-6-11(2)10-12/h4,6-7,10,13H,3,5,8-9,15H2,1-2H3,(H,16,17)/t13-/m1/s1. The molecule has 3 heteroatoms. The van der Waals surface area contributed by atoms with Crippen LogP contribution in [0.5, 0.6) is 0 Å². The van der Waals surface area contributed by atoms with E-state index >= 15 is 0 Å². The summed E-state index contributed by atoms with van der Waals surface area (Å²) in [5, 5.41) is 2.87. The fraction of sp³-hybridized carbons (Fsp3) is 0.500. The minimum atomic E-state index is -0.363. The predicted molar refractivity (Wildman–Crippen MR) is 70.8 cm³/mol. The number of carbonyl (C=O) groups excluding carboxylic acids is 1. The summed E-state index contributed by atoms with van der Waals surface area (Å²) in [4.78, 5) is 11.6. The van der Waals surface area contributed by atoms with E-state index in [1.165, 1.54) is 11.1 Å². The van der Waals surface area contributed by atoms with Crippen LogP contribution >= 0.6 is 0 Å². The number of hydrogen-bond acceptors (Lipinski definition) is 2. The van der Waals surface area contributed by atoms with Gasteiger partial charge in [0.2, 0.25) is 5.91 Å². The molecule has 0 bridgehead atoms. The summed E-state index contributed by atoms with van der Waals surface area (Å²) in [7, 11) is 0. The largest absolute Gasteiger partial charge is 0.354 e. The maximum absolute atomic E-state index is 11.6. The third kappa shape index (κ3) is 5.00. The van der Waals surface area contributed by atoms with Crippen LogP contribution in [0, 0.1) is 6.92 Å². The fourth-order valence-electron chi connectivity index (χ4n) is 1.77. The number of nitrogens with two attached hydrogens (primary N) is 1. The molecule has 3 N–H and O–H groups in total. The Morgan fingerprint density at radius 3 is 2.88 bits per heavy atom. The lowest BCUT2D eigenvalue weighted by atomic mass is 10.1. The Bertz CT molecular complexity index is 363. The average molecular weight is 234 g/mol. The first-order chi connectivity index (χ1) is 8.13. The number of carbonyl (C=O) groups is 1. The molecule has 0 saturated carbocycles. The third-order valence-corrected chi connectivity index (χ3v) is 2.73. The van der Waals surface area contributed by atoms with E-state index < -0.39 is 0 Å². The van der Waals surface area contributed by atoms with Crippen LogP contribution in [-0.4, -0.2) is 18.5 Å². The molecule has 1 rings (SSSR count). The third-order valence-electron chi connectivity index (χ3n) is 2.73. The van der Waals surface area contributed by atoms with Crippen molar-refractivity contribution in [1.29, 1.82) is 0 Å². The van der Waals surface area contributed by atoms with Gasteiger partial charge < -0.3 is 11.1 Å². The molecule has 1 amide bonds. The van der Waals surface area contributed by atoms with Gasteiger partial charge in [0, 0.05) is 6.54 Å². The first-order valence-electron chi connectivity index (χ1n) is 6.22. The van der Waals surface area contributed by atoms with Gasteiger partial charge in [0.1, 0.15) is 0 Å². The highest BCUT2D eigenvalue weighted by molar-refractivity contribution is 5.81. The van der Waals surface area contributed by atoms with E-state index in [4.69, 9.17) is 5.73 Å². The number of aryl methyl sites for hydroxylation is 1. The van der Waals surface area contributed by atoms with E-state index in [2.05, 4.69) is 30.4 Å². The van der Waals surface area contributed by atoms with Gasteiger partial charge in [-0.2, -0.15) is 0 Å². The first kappa shape index (κ1) is 13.7. The second-order valence-electron chi connectivity index (χ2n) is 4.43. The van der Waals surface area contributed by atoms with Crippen molar-refractivity contribution < 1.29 is 4.79 Å². The lowest BCUT2D eigenvalue weighted by molar-refractivity contribution is -0.122. The molecule has 0 radical (unpaired) electrons. The lowest BCUT2D eigenvalue weighted by Crippen LogP contribution is -2.41. The van der Waals surface area contributed by atoms with Crippen LogP contribution < -0.4 is 11.1 Å². The monoisotopic (exact) mass is 234 g/mol. The topological polar surface area (TPSA) is 55.1 Å². The fourth-order valence-corrected chi connectivity index (χ4v) is 1.77. The van der Waals surface area contributed by atoms with Gasteiger partial charge in [-0.1, -0.05) is 43.2 Å². The maximum atomic E-state index is 11.6. The minimum absolute atomic E-state index is 0.0421. The minimum Gasteiger partial charge on any atom is -0.354 e. The molecule has 0 aliphatic heterocycles. The molecule has 1 aromatic rings. The Morgan fingerprint density at radius 2 is 2.24 bits per heavy atom. The van der Waals surface area contributed by atoms with Gasteiger partial charge in [0.15, 0.2) is 0 Å². The van der Waals surface area contributed by atoms with Crippen LogP contribution in [0.4, 0.5) is 0 Å². The zero-order valence-corrected chi connectivity index (χ0v) is 10.7. The van der Waals surface area contributed by atoms with Gasteiger partial charge in [-0.15, -0.1) is 0 Å². The summed E-state index contributed by atoms with van der Waals surface area (Å²) < 4.78 is 0. The summed E-state index contributed by atoms with van der Waals surface area (Å²) in [5.41, 5.74) is 8.21. The van der Waals surface area contributed by atoms with Gasteiger partial charge >= 0.3 is 0 Å². The zero-order chi connectivity index (χ0) is 12.7. The molecule has 0 aromatic heterocycles. The van der Waals surface area contributed by atoms with Gasteiger partial charge in [-0.25, -0.2) is 0 Å². The van der Waals surface area contributed by atoms with E-state index in [9.17, 15) is 4.79 Å². The maximum Gasteiger partial charge on any atom is 0.236 e. The second-order valence-corrected chi connectivity index (χ2v) is 4.43. The highest BCUT2D eigenvalue weighted by Crippen LogP contribution is 2.04. The van der Waals surface area contributed by atoms with Crippen LogP contribution in [0.1, 0.15) is 30.9 Å². The number of amides is 1. The van der Waals surface area contributed by atoms with Crippen LogP contribution in [0.15, 0.2) is 24.3 Å². The number of nitrogens with one attached hydrogen (secondary N) is 1. The summed E-state index contributed by atoms with van der Waals surface area (Å²) >= 11 is 0. The van der Waals surface area contributed by atoms with Gasteiger partial charge in [0.05, 0.1) is 6.04 Å². The Morgan fingerprint density at radius 1 is 1.47 bits per heavy atom. The van der Waals surface area contributed by atoms with Crippen molar-refractivity contribution in [2.75, 3.05) is 6.54 Å². The van der Waals surface area contributed by atoms with Crippen molar-refractivity contribution in [2.24, 2.45) is 5.73 Å². The highest BCUT2D eigenvalue weighted by Gasteiger charge is 2.10. The molecule has 0 saturated heterocycles. The first-order valence-corrected chi connectivity index (χ1v) is 6.22. The number of hydrogen-bond donors (Lipinski definition) is 2. The van der Waals surface area contributed by atoms with Crippen molar-refractivity contribution >= 4 is 5.91 Å². The molecule has 94 valence electrons. The SMILES string of the molecule is CCC[C@@H](N)C(=O)NCCc1cccc(C)c1. The molecule has 3 nitrogen and oxygen atoms in total. The summed E-state index contributed by atoms with van der Waals surface area (Å²) in [6, 6.07) is 7.95. The van der Waals surface area contributed by atoms with Crippen LogP contribution in [0.3, 0.4) is 0 Å². The molecule has 0 aliphatic carbocycles. The van der Waals surface area contributed by atoms with Crippen molar-refractivity contribution in [3.05, 3.63) is 35.4 Å². The van der Waals surface area contributed by atoms with Crippen molar-refractivity contribution in [2.45, 2.75) is 39.2 Å². The molecule has 1 aromatic carbocycles. The molecule has 17 heavy (non-hydrogen) atoms. The quantitative estimate of drug-likeness (QED) is 0.788. The van der Waals surface area contributed by atoms with E-state index in [0.29, 0.717) is 6.54 Å². The lowest BCUT2D eigenvalue weighted by Gasteiger charge is -2.11. The number of rotatable bonds is 6. The predicted octanol–water partition coefficient (Wildman–Crippen LogP) is 1.78. The van der Waals surface area contributed by atoms with E-state index in [1.807, 2.05) is 13.0 Å². The van der Waals surface area contributed by atoms with Crippen molar-refractivity contribution in [3.63, 3.8) is 0 Å². The summed E-state index contributed by atoms with van der Waals surface area (Å²) in [6.45, 7) is 4.75. The second kappa shape index (κ2) is 7.07. The van der Waals surface area contributed by atoms with Gasteiger partial charge in [-0.05, 0) is 25.3 Å². The average Bonchev–Trinajstić information content (AvgIpc) is 2.29. The molecule has 0 spiro atoms. The van der Waals surface area contributed by atoms with E-state index in [1.54, 1.807) is 0 Å². The highest BCUT2D eigenvalue weighted by atomic mass is 16.2. The molecular weight excluding hydrogens is 212 g/mol. The smallest absolute Gasteiger partial charge is 0.236 e. The molecule has 1 atom stereocenters. The van der Waals surface area contributed by atoms with Gasteiger partial charge in [-0.3, -0.25) is 4.79 Å². The molecule has 0 heterocycles.